The van der Waals surface area contributed by atoms with Crippen LogP contribution in [0.4, 0.5) is 10.1 Å². The third-order valence-electron chi connectivity index (χ3n) is 5.49. The number of rotatable bonds is 7. The molecule has 3 aromatic rings. The molecule has 0 unspecified atom stereocenters. The summed E-state index contributed by atoms with van der Waals surface area (Å²) in [7, 11) is 0. The Kier molecular flexibility index (Phi) is 7.50. The lowest BCUT2D eigenvalue weighted by Gasteiger charge is -2.34. The van der Waals surface area contributed by atoms with E-state index in [0.717, 1.165) is 47.9 Å². The highest BCUT2D eigenvalue weighted by Gasteiger charge is 2.22. The van der Waals surface area contributed by atoms with Crippen molar-refractivity contribution in [3.05, 3.63) is 64.4 Å². The Hall–Kier alpha value is -2.64. The van der Waals surface area contributed by atoms with Crippen LogP contribution in [0.5, 0.6) is 5.75 Å². The fourth-order valence-electron chi connectivity index (χ4n) is 3.61. The smallest absolute Gasteiger partial charge is 0.308 e. The summed E-state index contributed by atoms with van der Waals surface area (Å²) in [6.07, 6.45) is 1.68. The molecule has 5 nitrogen and oxygen atoms in total. The quantitative estimate of drug-likeness (QED) is 0.363. The van der Waals surface area contributed by atoms with Crippen LogP contribution in [0, 0.1) is 11.7 Å². The van der Waals surface area contributed by atoms with Gasteiger partial charge in [0.2, 0.25) is 0 Å². The van der Waals surface area contributed by atoms with Crippen molar-refractivity contribution in [3.8, 4) is 16.3 Å². The van der Waals surface area contributed by atoms with Gasteiger partial charge < -0.3 is 14.4 Å². The predicted molar refractivity (Wildman–Crippen MR) is 129 cm³/mol. The summed E-state index contributed by atoms with van der Waals surface area (Å²) in [5.41, 5.74) is 2.93. The van der Waals surface area contributed by atoms with Gasteiger partial charge in [0.25, 0.3) is 0 Å². The van der Waals surface area contributed by atoms with Gasteiger partial charge >= 0.3 is 5.97 Å². The molecule has 1 aromatic heterocycles. The van der Waals surface area contributed by atoms with Crippen molar-refractivity contribution in [1.29, 1.82) is 0 Å². The zero-order valence-corrected chi connectivity index (χ0v) is 20.2. The highest BCUT2D eigenvalue weighted by Crippen LogP contribution is 2.30. The molecule has 0 amide bonds. The number of piperidine rings is 1. The number of thiazole rings is 1. The number of hydrogen-bond donors (Lipinski definition) is 0. The second kappa shape index (κ2) is 10.5. The van der Waals surface area contributed by atoms with Crippen molar-refractivity contribution in [3.63, 3.8) is 0 Å². The van der Waals surface area contributed by atoms with E-state index in [9.17, 15) is 9.18 Å². The van der Waals surface area contributed by atoms with Crippen molar-refractivity contribution in [2.24, 2.45) is 5.92 Å². The highest BCUT2D eigenvalue weighted by molar-refractivity contribution is 7.13. The zero-order valence-electron chi connectivity index (χ0n) is 18.6. The maximum absolute atomic E-state index is 13.5. The molecule has 0 N–H and O–H groups in total. The summed E-state index contributed by atoms with van der Waals surface area (Å²) in [4.78, 5) is 18.5. The van der Waals surface area contributed by atoms with Crippen molar-refractivity contribution in [1.82, 2.24) is 4.98 Å². The fourth-order valence-corrected chi connectivity index (χ4v) is 4.58. The molecule has 0 atom stereocenters. The number of ether oxygens (including phenoxy) is 2. The molecule has 0 radical (unpaired) electrons. The van der Waals surface area contributed by atoms with Gasteiger partial charge in [-0.1, -0.05) is 25.4 Å². The zero-order chi connectivity index (χ0) is 23.4. The molecule has 0 spiro atoms. The Morgan fingerprint density at radius 3 is 2.64 bits per heavy atom. The lowest BCUT2D eigenvalue weighted by molar-refractivity contribution is -0.148. The molecule has 0 saturated carbocycles. The number of halogens is 2. The van der Waals surface area contributed by atoms with E-state index in [0.29, 0.717) is 10.8 Å². The van der Waals surface area contributed by atoms with Crippen LogP contribution in [0.15, 0.2) is 47.8 Å². The summed E-state index contributed by atoms with van der Waals surface area (Å²) in [6, 6.07) is 12.5. The van der Waals surface area contributed by atoms with Gasteiger partial charge in [0.1, 0.15) is 29.3 Å². The van der Waals surface area contributed by atoms with Crippen LogP contribution in [0.2, 0.25) is 5.02 Å². The van der Waals surface area contributed by atoms with E-state index in [1.54, 1.807) is 0 Å². The number of anilines is 1. The minimum absolute atomic E-state index is 0.0124. The van der Waals surface area contributed by atoms with Crippen LogP contribution in [0.1, 0.15) is 32.4 Å². The highest BCUT2D eigenvalue weighted by atomic mass is 35.5. The van der Waals surface area contributed by atoms with Gasteiger partial charge in [-0.2, -0.15) is 0 Å². The Morgan fingerprint density at radius 2 is 1.94 bits per heavy atom. The molecule has 2 aromatic carbocycles. The molecule has 1 aliphatic heterocycles. The van der Waals surface area contributed by atoms with E-state index in [1.165, 1.54) is 29.5 Å². The molecule has 1 saturated heterocycles. The number of nitrogens with zero attached hydrogens (tertiary/aromatic N) is 2. The minimum atomic E-state index is -0.351. The normalized spacial score (nSPS) is 14.5. The van der Waals surface area contributed by atoms with E-state index in [2.05, 4.69) is 34.1 Å². The molecular weight excluding hydrogens is 463 g/mol. The van der Waals surface area contributed by atoms with Gasteiger partial charge in [0, 0.05) is 48.6 Å². The minimum Gasteiger partial charge on any atom is -0.489 e. The molecule has 174 valence electrons. The lowest BCUT2D eigenvalue weighted by Crippen LogP contribution is -2.38. The first-order valence-corrected chi connectivity index (χ1v) is 12.2. The van der Waals surface area contributed by atoms with E-state index < -0.39 is 0 Å². The van der Waals surface area contributed by atoms with Crippen molar-refractivity contribution in [2.75, 3.05) is 18.0 Å². The average Bonchev–Trinajstić information content (AvgIpc) is 3.29. The summed E-state index contributed by atoms with van der Waals surface area (Å²) in [5.74, 6) is -0.314. The van der Waals surface area contributed by atoms with Gasteiger partial charge in [-0.05, 0) is 36.4 Å². The monoisotopic (exact) mass is 488 g/mol. The first-order chi connectivity index (χ1) is 15.9. The SMILES string of the molecule is CC(C)C(=O)OCc1csc(-c2ccc(N3CCC(Oc4cc(F)ccc4Cl)CC3)cc2)n1. The number of esters is 1. The summed E-state index contributed by atoms with van der Waals surface area (Å²) in [6.45, 7) is 5.51. The topological polar surface area (TPSA) is 51.7 Å². The van der Waals surface area contributed by atoms with E-state index in [1.807, 2.05) is 19.2 Å². The number of carbonyl (C=O) groups excluding carboxylic acids is 1. The first kappa shape index (κ1) is 23.5. The third kappa shape index (κ3) is 6.03. The first-order valence-electron chi connectivity index (χ1n) is 11.0. The lowest BCUT2D eigenvalue weighted by atomic mass is 10.1. The molecule has 0 bridgehead atoms. The van der Waals surface area contributed by atoms with Gasteiger partial charge in [-0.15, -0.1) is 11.3 Å². The van der Waals surface area contributed by atoms with Gasteiger partial charge in [0.05, 0.1) is 16.6 Å². The second-order valence-electron chi connectivity index (χ2n) is 8.33. The van der Waals surface area contributed by atoms with E-state index in [-0.39, 0.29) is 30.4 Å². The molecule has 1 aliphatic rings. The van der Waals surface area contributed by atoms with Gasteiger partial charge in [-0.25, -0.2) is 9.37 Å². The van der Waals surface area contributed by atoms with Crippen LogP contribution in [0.25, 0.3) is 10.6 Å². The molecule has 1 fully saturated rings. The van der Waals surface area contributed by atoms with Crippen LogP contribution < -0.4 is 9.64 Å². The van der Waals surface area contributed by atoms with E-state index >= 15 is 0 Å². The fraction of sp³-hybridized carbons (Fsp3) is 0.360. The van der Waals surface area contributed by atoms with Crippen molar-refractivity contribution >= 4 is 34.6 Å². The number of hydrogen-bond acceptors (Lipinski definition) is 6. The molecule has 2 heterocycles. The van der Waals surface area contributed by atoms with Crippen LogP contribution in [-0.4, -0.2) is 30.1 Å². The van der Waals surface area contributed by atoms with Gasteiger partial charge in [-0.3, -0.25) is 4.79 Å². The predicted octanol–water partition coefficient (Wildman–Crippen LogP) is 6.35. The van der Waals surface area contributed by atoms with Crippen molar-refractivity contribution < 1.29 is 18.7 Å². The molecular formula is C25H26ClFN2O3S. The van der Waals surface area contributed by atoms with Crippen LogP contribution >= 0.6 is 22.9 Å². The average molecular weight is 489 g/mol. The maximum atomic E-state index is 13.5. The summed E-state index contributed by atoms with van der Waals surface area (Å²) >= 11 is 7.66. The van der Waals surface area contributed by atoms with Crippen molar-refractivity contribution in [2.45, 2.75) is 39.4 Å². The summed E-state index contributed by atoms with van der Waals surface area (Å²) in [5, 5.41) is 3.25. The molecule has 4 rings (SSSR count). The Morgan fingerprint density at radius 1 is 1.21 bits per heavy atom. The summed E-state index contributed by atoms with van der Waals surface area (Å²) < 4.78 is 24.7. The van der Waals surface area contributed by atoms with Crippen LogP contribution in [0.3, 0.4) is 0 Å². The molecule has 8 heteroatoms. The molecule has 0 aliphatic carbocycles. The largest absolute Gasteiger partial charge is 0.489 e. The van der Waals surface area contributed by atoms with Crippen LogP contribution in [-0.2, 0) is 16.1 Å². The number of benzene rings is 2. The number of carbonyl (C=O) groups is 1. The Labute approximate surface area is 202 Å². The third-order valence-corrected chi connectivity index (χ3v) is 6.75. The standard InChI is InChI=1S/C25H26ClFN2O3S/c1-16(2)25(30)31-14-19-15-33-24(28-19)17-3-6-20(7-4-17)29-11-9-21(10-12-29)32-23-13-18(27)5-8-22(23)26/h3-8,13,15-16,21H,9-12,14H2,1-2H3. The Bertz CT molecular complexity index is 1100. The number of aromatic nitrogens is 1. The molecule has 33 heavy (non-hydrogen) atoms. The Balaban J connectivity index is 1.31. The second-order valence-corrected chi connectivity index (χ2v) is 9.60. The van der Waals surface area contributed by atoms with Gasteiger partial charge in [0.15, 0.2) is 0 Å². The maximum Gasteiger partial charge on any atom is 0.308 e. The van der Waals surface area contributed by atoms with E-state index in [4.69, 9.17) is 21.1 Å².